The fourth-order valence-electron chi connectivity index (χ4n) is 3.55. The number of amides is 1. The Hall–Kier alpha value is -2.71. The maximum Gasteiger partial charge on any atom is 0.433 e. The van der Waals surface area contributed by atoms with Crippen LogP contribution in [-0.2, 0) is 6.18 Å². The first-order valence-corrected chi connectivity index (χ1v) is 9.56. The van der Waals surface area contributed by atoms with Gasteiger partial charge in [-0.05, 0) is 52.2 Å². The number of carbonyl (C=O) groups is 1. The standard InChI is InChI=1S/C20H24F3N5O/c1-12-11-18(26-14(3)24-12)28-9-4-5-15(8-10-28)27-19(29)16-6-7-17(20(21,22)23)25-13(16)2/h6-7,11,15H,4-5,8-10H2,1-3H3,(H,27,29)/t15-/m1/s1. The predicted octanol–water partition coefficient (Wildman–Crippen LogP) is 3.60. The number of nitrogens with zero attached hydrogens (tertiary/aromatic N) is 4. The minimum Gasteiger partial charge on any atom is -0.356 e. The number of alkyl halides is 3. The summed E-state index contributed by atoms with van der Waals surface area (Å²) in [6.45, 7) is 6.75. The third kappa shape index (κ3) is 5.21. The quantitative estimate of drug-likeness (QED) is 0.842. The number of anilines is 1. The molecule has 0 aliphatic carbocycles. The Bertz CT molecular complexity index is 880. The molecule has 2 aromatic heterocycles. The van der Waals surface area contributed by atoms with Gasteiger partial charge in [0.2, 0.25) is 0 Å². The second-order valence-electron chi connectivity index (χ2n) is 7.33. The molecule has 3 rings (SSSR count). The van der Waals surface area contributed by atoms with Crippen LogP contribution >= 0.6 is 0 Å². The molecule has 1 aliphatic rings. The molecule has 0 aromatic carbocycles. The molecular formula is C20H24F3N5O. The van der Waals surface area contributed by atoms with Gasteiger partial charge in [-0.3, -0.25) is 4.79 Å². The molecule has 1 amide bonds. The number of halogens is 3. The van der Waals surface area contributed by atoms with E-state index in [0.29, 0.717) is 0 Å². The first-order valence-electron chi connectivity index (χ1n) is 9.56. The number of aromatic nitrogens is 3. The van der Waals surface area contributed by atoms with E-state index in [1.165, 1.54) is 13.0 Å². The van der Waals surface area contributed by atoms with Crippen molar-refractivity contribution in [3.63, 3.8) is 0 Å². The van der Waals surface area contributed by atoms with E-state index in [-0.39, 0.29) is 17.3 Å². The summed E-state index contributed by atoms with van der Waals surface area (Å²) < 4.78 is 38.3. The number of pyridine rings is 1. The highest BCUT2D eigenvalue weighted by Gasteiger charge is 2.33. The van der Waals surface area contributed by atoms with Gasteiger partial charge >= 0.3 is 6.18 Å². The molecule has 0 bridgehead atoms. The van der Waals surface area contributed by atoms with Gasteiger partial charge in [0.05, 0.1) is 11.3 Å². The van der Waals surface area contributed by atoms with Crippen LogP contribution < -0.4 is 10.2 Å². The molecule has 2 aromatic rings. The van der Waals surface area contributed by atoms with E-state index in [1.807, 2.05) is 19.9 Å². The molecule has 1 fully saturated rings. The fourth-order valence-corrected chi connectivity index (χ4v) is 3.55. The Morgan fingerprint density at radius 1 is 1.10 bits per heavy atom. The zero-order chi connectivity index (χ0) is 21.2. The highest BCUT2D eigenvalue weighted by Crippen LogP contribution is 2.28. The maximum atomic E-state index is 12.8. The van der Waals surface area contributed by atoms with Crippen molar-refractivity contribution in [2.45, 2.75) is 52.3 Å². The number of hydrogen-bond donors (Lipinski definition) is 1. The average Bonchev–Trinajstić information content (AvgIpc) is 2.85. The summed E-state index contributed by atoms with van der Waals surface area (Å²) in [6, 6.07) is 3.92. The molecule has 1 aliphatic heterocycles. The minimum absolute atomic E-state index is 0.0572. The molecule has 6 nitrogen and oxygen atoms in total. The number of aryl methyl sites for hydroxylation is 3. The second-order valence-corrected chi connectivity index (χ2v) is 7.33. The Morgan fingerprint density at radius 2 is 1.86 bits per heavy atom. The fraction of sp³-hybridized carbons (Fsp3) is 0.500. The van der Waals surface area contributed by atoms with Crippen molar-refractivity contribution >= 4 is 11.7 Å². The summed E-state index contributed by atoms with van der Waals surface area (Å²) >= 11 is 0. The zero-order valence-corrected chi connectivity index (χ0v) is 16.7. The van der Waals surface area contributed by atoms with Crippen molar-refractivity contribution in [2.75, 3.05) is 18.0 Å². The van der Waals surface area contributed by atoms with E-state index in [2.05, 4.69) is 25.2 Å². The van der Waals surface area contributed by atoms with E-state index in [9.17, 15) is 18.0 Å². The molecule has 1 N–H and O–H groups in total. The SMILES string of the molecule is Cc1cc(N2CCC[C@@H](NC(=O)c3ccc(C(F)(F)F)nc3C)CC2)nc(C)n1. The first-order chi connectivity index (χ1) is 13.6. The van der Waals surface area contributed by atoms with E-state index in [0.717, 1.165) is 55.8 Å². The van der Waals surface area contributed by atoms with Gasteiger partial charge in [-0.1, -0.05) is 0 Å². The summed E-state index contributed by atoms with van der Waals surface area (Å²) in [4.78, 5) is 27.1. The third-order valence-electron chi connectivity index (χ3n) is 4.96. The van der Waals surface area contributed by atoms with Crippen LogP contribution in [0.5, 0.6) is 0 Å². The van der Waals surface area contributed by atoms with Crippen LogP contribution in [0.25, 0.3) is 0 Å². The lowest BCUT2D eigenvalue weighted by molar-refractivity contribution is -0.141. The van der Waals surface area contributed by atoms with Gasteiger partial charge in [-0.2, -0.15) is 13.2 Å². The summed E-state index contributed by atoms with van der Waals surface area (Å²) in [7, 11) is 0. The monoisotopic (exact) mass is 407 g/mol. The first kappa shape index (κ1) is 21.0. The Labute approximate surface area is 167 Å². The molecule has 0 unspecified atom stereocenters. The normalized spacial score (nSPS) is 17.7. The van der Waals surface area contributed by atoms with Gasteiger partial charge in [-0.15, -0.1) is 0 Å². The summed E-state index contributed by atoms with van der Waals surface area (Å²) in [5, 5.41) is 2.95. The van der Waals surface area contributed by atoms with Crippen molar-refractivity contribution in [3.8, 4) is 0 Å². The molecule has 156 valence electrons. The van der Waals surface area contributed by atoms with E-state index in [4.69, 9.17) is 0 Å². The van der Waals surface area contributed by atoms with Gasteiger partial charge in [0.1, 0.15) is 17.3 Å². The largest absolute Gasteiger partial charge is 0.433 e. The van der Waals surface area contributed by atoms with Crippen molar-refractivity contribution in [1.29, 1.82) is 0 Å². The highest BCUT2D eigenvalue weighted by atomic mass is 19.4. The van der Waals surface area contributed by atoms with E-state index < -0.39 is 17.8 Å². The van der Waals surface area contributed by atoms with Crippen molar-refractivity contribution in [2.24, 2.45) is 0 Å². The Morgan fingerprint density at radius 3 is 2.52 bits per heavy atom. The van der Waals surface area contributed by atoms with Crippen molar-refractivity contribution in [1.82, 2.24) is 20.3 Å². The molecule has 0 radical (unpaired) electrons. The highest BCUT2D eigenvalue weighted by molar-refractivity contribution is 5.95. The minimum atomic E-state index is -4.53. The topological polar surface area (TPSA) is 71.0 Å². The lowest BCUT2D eigenvalue weighted by Gasteiger charge is -2.22. The summed E-state index contributed by atoms with van der Waals surface area (Å²) in [5.74, 6) is 1.21. The van der Waals surface area contributed by atoms with Crippen molar-refractivity contribution in [3.05, 3.63) is 46.7 Å². The van der Waals surface area contributed by atoms with Crippen LogP contribution in [0.15, 0.2) is 18.2 Å². The third-order valence-corrected chi connectivity index (χ3v) is 4.96. The molecule has 29 heavy (non-hydrogen) atoms. The van der Waals surface area contributed by atoms with Crippen molar-refractivity contribution < 1.29 is 18.0 Å². The summed E-state index contributed by atoms with van der Waals surface area (Å²) in [6.07, 6.45) is -2.14. The lowest BCUT2D eigenvalue weighted by Crippen LogP contribution is -2.36. The maximum absolute atomic E-state index is 12.8. The van der Waals surface area contributed by atoms with Crippen LogP contribution in [-0.4, -0.2) is 40.0 Å². The number of rotatable bonds is 3. The van der Waals surface area contributed by atoms with Crippen LogP contribution in [0.3, 0.4) is 0 Å². The molecule has 1 saturated heterocycles. The zero-order valence-electron chi connectivity index (χ0n) is 16.7. The van der Waals surface area contributed by atoms with Gasteiger partial charge in [0, 0.05) is 30.9 Å². The molecule has 0 saturated carbocycles. The Balaban J connectivity index is 1.65. The molecule has 9 heteroatoms. The molecule has 1 atom stereocenters. The summed E-state index contributed by atoms with van der Waals surface area (Å²) in [5.41, 5.74) is 0.152. The van der Waals surface area contributed by atoms with Crippen LogP contribution in [0.4, 0.5) is 19.0 Å². The predicted molar refractivity (Wildman–Crippen MR) is 103 cm³/mol. The van der Waals surface area contributed by atoms with Crippen LogP contribution in [0.2, 0.25) is 0 Å². The Kier molecular flexibility index (Phi) is 6.04. The number of carbonyl (C=O) groups excluding carboxylic acids is 1. The molecule has 0 spiro atoms. The van der Waals surface area contributed by atoms with Gasteiger partial charge in [0.25, 0.3) is 5.91 Å². The number of nitrogens with one attached hydrogen (secondary N) is 1. The lowest BCUT2D eigenvalue weighted by atomic mass is 10.1. The van der Waals surface area contributed by atoms with Gasteiger partial charge < -0.3 is 10.2 Å². The number of hydrogen-bond acceptors (Lipinski definition) is 5. The van der Waals surface area contributed by atoms with E-state index in [1.54, 1.807) is 0 Å². The van der Waals surface area contributed by atoms with Gasteiger partial charge in [-0.25, -0.2) is 15.0 Å². The average molecular weight is 407 g/mol. The van der Waals surface area contributed by atoms with E-state index >= 15 is 0 Å². The van der Waals surface area contributed by atoms with Crippen LogP contribution in [0, 0.1) is 20.8 Å². The molecular weight excluding hydrogens is 383 g/mol. The second kappa shape index (κ2) is 8.34. The molecule has 3 heterocycles. The van der Waals surface area contributed by atoms with Crippen LogP contribution in [0.1, 0.15) is 52.5 Å². The smallest absolute Gasteiger partial charge is 0.356 e. The van der Waals surface area contributed by atoms with Gasteiger partial charge in [0.15, 0.2) is 0 Å².